The van der Waals surface area contributed by atoms with Crippen molar-refractivity contribution in [2.24, 2.45) is 11.8 Å². The van der Waals surface area contributed by atoms with Crippen molar-refractivity contribution in [2.45, 2.75) is 32.1 Å². The zero-order valence-corrected chi connectivity index (χ0v) is 22.2. The summed E-state index contributed by atoms with van der Waals surface area (Å²) in [5.74, 6) is 1.21. The number of fused-ring (bicyclic) bond motifs is 1. The van der Waals surface area contributed by atoms with E-state index in [2.05, 4.69) is 20.5 Å². The van der Waals surface area contributed by atoms with Crippen molar-refractivity contribution >= 4 is 22.9 Å². The van der Waals surface area contributed by atoms with Crippen LogP contribution in [0.25, 0.3) is 22.2 Å². The van der Waals surface area contributed by atoms with Crippen LogP contribution in [0.5, 0.6) is 5.88 Å². The summed E-state index contributed by atoms with van der Waals surface area (Å²) in [5, 5.41) is 15.2. The van der Waals surface area contributed by atoms with Crippen LogP contribution in [0.4, 0.5) is 4.79 Å². The van der Waals surface area contributed by atoms with Crippen molar-refractivity contribution in [3.05, 3.63) is 54.2 Å². The van der Waals surface area contributed by atoms with Gasteiger partial charge in [0.1, 0.15) is 0 Å². The number of hydrogen-bond acceptors (Lipinski definition) is 6. The normalized spacial score (nSPS) is 17.3. The lowest BCUT2D eigenvalue weighted by Gasteiger charge is -2.28. The van der Waals surface area contributed by atoms with Crippen LogP contribution in [0.15, 0.2) is 48.7 Å². The first kappa shape index (κ1) is 27.3. The van der Waals surface area contributed by atoms with Crippen LogP contribution in [0.3, 0.4) is 0 Å². The van der Waals surface area contributed by atoms with Gasteiger partial charge in [-0.25, -0.2) is 14.8 Å². The summed E-state index contributed by atoms with van der Waals surface area (Å²) in [6.07, 6.45) is 5.56. The summed E-state index contributed by atoms with van der Waals surface area (Å²) in [5.41, 5.74) is 2.85. The Balaban J connectivity index is 1.40. The molecular formula is C29H37N5O4. The number of rotatable bonds is 11. The van der Waals surface area contributed by atoms with Crippen LogP contribution >= 0.6 is 0 Å². The van der Waals surface area contributed by atoms with E-state index in [9.17, 15) is 9.59 Å². The van der Waals surface area contributed by atoms with Crippen LogP contribution in [0, 0.1) is 11.8 Å². The fourth-order valence-corrected chi connectivity index (χ4v) is 4.89. The maximum Gasteiger partial charge on any atom is 0.404 e. The molecule has 38 heavy (non-hydrogen) atoms. The van der Waals surface area contributed by atoms with Crippen molar-refractivity contribution in [3.8, 4) is 17.1 Å². The number of carbonyl (C=O) groups is 2. The smallest absolute Gasteiger partial charge is 0.404 e. The lowest BCUT2D eigenvalue weighted by Crippen LogP contribution is -2.34. The van der Waals surface area contributed by atoms with E-state index in [4.69, 9.17) is 14.8 Å². The van der Waals surface area contributed by atoms with E-state index in [1.807, 2.05) is 56.6 Å². The molecular weight excluding hydrogens is 482 g/mol. The predicted molar refractivity (Wildman–Crippen MR) is 147 cm³/mol. The number of aromatic nitrogens is 2. The maximum absolute atomic E-state index is 13.3. The molecule has 3 aromatic rings. The Hall–Kier alpha value is -3.72. The van der Waals surface area contributed by atoms with Crippen molar-refractivity contribution < 1.29 is 19.4 Å². The van der Waals surface area contributed by atoms with Crippen LogP contribution < -0.4 is 15.4 Å². The quantitative estimate of drug-likeness (QED) is 0.321. The molecule has 3 N–H and O–H groups in total. The second kappa shape index (κ2) is 13.2. The van der Waals surface area contributed by atoms with Gasteiger partial charge in [-0.1, -0.05) is 18.2 Å². The first-order chi connectivity index (χ1) is 18.4. The fourth-order valence-electron chi connectivity index (χ4n) is 4.89. The average molecular weight is 520 g/mol. The number of carbonyl (C=O) groups excluding carboxylic acids is 1. The van der Waals surface area contributed by atoms with Crippen LogP contribution in [0.1, 0.15) is 42.5 Å². The van der Waals surface area contributed by atoms with Gasteiger partial charge in [0.25, 0.3) is 5.91 Å². The molecule has 1 saturated carbocycles. The minimum atomic E-state index is -0.973. The molecule has 2 heterocycles. The molecule has 0 atom stereocenters. The summed E-state index contributed by atoms with van der Waals surface area (Å²) in [4.78, 5) is 35.4. The minimum Gasteiger partial charge on any atom is -0.478 e. The molecule has 0 bridgehead atoms. The van der Waals surface area contributed by atoms with Crippen LogP contribution in [0.2, 0.25) is 0 Å². The molecule has 9 heteroatoms. The summed E-state index contributed by atoms with van der Waals surface area (Å²) >= 11 is 0. The summed E-state index contributed by atoms with van der Waals surface area (Å²) < 4.78 is 5.75. The molecule has 0 spiro atoms. The number of carboxylic acid groups (broad SMARTS) is 1. The molecule has 0 unspecified atom stereocenters. The van der Waals surface area contributed by atoms with Gasteiger partial charge in [0.05, 0.1) is 23.4 Å². The molecule has 2 amide bonds. The number of amides is 2. The fraction of sp³-hybridized carbons (Fsp3) is 0.448. The minimum absolute atomic E-state index is 0.117. The van der Waals surface area contributed by atoms with Gasteiger partial charge in [-0.15, -0.1) is 0 Å². The Morgan fingerprint density at radius 3 is 2.39 bits per heavy atom. The second-order valence-electron chi connectivity index (χ2n) is 10.2. The number of hydrogen-bond donors (Lipinski definition) is 3. The van der Waals surface area contributed by atoms with E-state index in [0.717, 1.165) is 55.1 Å². The predicted octanol–water partition coefficient (Wildman–Crippen LogP) is 4.43. The molecule has 0 saturated heterocycles. The molecule has 1 aliphatic rings. The highest BCUT2D eigenvalue weighted by molar-refractivity contribution is 6.07. The van der Waals surface area contributed by atoms with E-state index in [1.165, 1.54) is 0 Å². The van der Waals surface area contributed by atoms with Crippen molar-refractivity contribution in [1.82, 2.24) is 25.5 Å². The van der Waals surface area contributed by atoms with Gasteiger partial charge in [0.15, 0.2) is 0 Å². The zero-order chi connectivity index (χ0) is 26.9. The molecule has 0 radical (unpaired) electrons. The zero-order valence-electron chi connectivity index (χ0n) is 22.2. The third kappa shape index (κ3) is 7.64. The molecule has 1 fully saturated rings. The number of nitrogens with zero attached hydrogens (tertiary/aromatic N) is 3. The highest BCUT2D eigenvalue weighted by Crippen LogP contribution is 2.29. The Morgan fingerprint density at radius 1 is 1.03 bits per heavy atom. The van der Waals surface area contributed by atoms with E-state index >= 15 is 0 Å². The maximum atomic E-state index is 13.3. The number of nitrogens with one attached hydrogen (secondary N) is 2. The van der Waals surface area contributed by atoms with Crippen molar-refractivity contribution in [2.75, 3.05) is 40.3 Å². The largest absolute Gasteiger partial charge is 0.478 e. The lowest BCUT2D eigenvalue weighted by molar-refractivity contribution is 0.0942. The standard InChI is InChI=1S/C29H37N5O4/c1-34(2)14-5-15-38-27-13-12-22(19-30-27)26-16-24(23-6-3-4-7-25(23)33-26)28(35)31-17-20-8-10-21(11-9-20)18-32-29(36)37/h3-4,6-7,12-13,16,19-21,32H,5,8-11,14-15,17-18H2,1-2H3,(H,31,35)(H,36,37). The summed E-state index contributed by atoms with van der Waals surface area (Å²) in [7, 11) is 4.07. The van der Waals surface area contributed by atoms with Crippen LogP contribution in [-0.2, 0) is 0 Å². The number of benzene rings is 1. The van der Waals surface area contributed by atoms with Crippen LogP contribution in [-0.4, -0.2) is 72.3 Å². The molecule has 1 aromatic carbocycles. The molecule has 9 nitrogen and oxygen atoms in total. The van der Waals surface area contributed by atoms with Crippen molar-refractivity contribution in [1.29, 1.82) is 0 Å². The second-order valence-corrected chi connectivity index (χ2v) is 10.2. The third-order valence-electron chi connectivity index (χ3n) is 7.05. The first-order valence-corrected chi connectivity index (χ1v) is 13.3. The van der Waals surface area contributed by atoms with E-state index in [1.54, 1.807) is 6.20 Å². The highest BCUT2D eigenvalue weighted by Gasteiger charge is 2.23. The van der Waals surface area contributed by atoms with Gasteiger partial charge < -0.3 is 25.4 Å². The third-order valence-corrected chi connectivity index (χ3v) is 7.05. The number of pyridine rings is 2. The van der Waals surface area contributed by atoms with Gasteiger partial charge >= 0.3 is 6.09 Å². The Labute approximate surface area is 223 Å². The van der Waals surface area contributed by atoms with Gasteiger partial charge in [0, 0.05) is 42.8 Å². The Kier molecular flexibility index (Phi) is 9.48. The molecule has 202 valence electrons. The Bertz CT molecular complexity index is 1220. The first-order valence-electron chi connectivity index (χ1n) is 13.3. The van der Waals surface area contributed by atoms with E-state index < -0.39 is 6.09 Å². The van der Waals surface area contributed by atoms with Gasteiger partial charge in [-0.2, -0.15) is 0 Å². The number of para-hydroxylation sites is 1. The molecule has 0 aliphatic heterocycles. The SMILES string of the molecule is CN(C)CCCOc1ccc(-c2cc(C(=O)NCC3CCC(CNC(=O)O)CC3)c3ccccc3n2)cn1. The lowest BCUT2D eigenvalue weighted by atomic mass is 9.82. The van der Waals surface area contributed by atoms with Gasteiger partial charge in [-0.3, -0.25) is 4.79 Å². The van der Waals surface area contributed by atoms with Crippen molar-refractivity contribution in [3.63, 3.8) is 0 Å². The monoisotopic (exact) mass is 519 g/mol. The molecule has 4 rings (SSSR count). The van der Waals surface area contributed by atoms with E-state index in [0.29, 0.717) is 48.7 Å². The molecule has 1 aliphatic carbocycles. The van der Waals surface area contributed by atoms with Gasteiger partial charge in [-0.05, 0) is 76.2 Å². The highest BCUT2D eigenvalue weighted by atomic mass is 16.5. The average Bonchev–Trinajstić information content (AvgIpc) is 2.93. The van der Waals surface area contributed by atoms with Gasteiger partial charge in [0.2, 0.25) is 5.88 Å². The summed E-state index contributed by atoms with van der Waals surface area (Å²) in [6.45, 7) is 2.66. The summed E-state index contributed by atoms with van der Waals surface area (Å²) in [6, 6.07) is 13.3. The number of ether oxygens (including phenoxy) is 1. The topological polar surface area (TPSA) is 117 Å². The Morgan fingerprint density at radius 2 is 1.74 bits per heavy atom. The molecule has 2 aromatic heterocycles. The van der Waals surface area contributed by atoms with E-state index in [-0.39, 0.29) is 5.91 Å².